The molecular weight excluding hydrogens is 372 g/mol. The molecule has 1 unspecified atom stereocenters. The molecule has 2 aromatic rings. The van der Waals surface area contributed by atoms with Crippen LogP contribution in [0.2, 0.25) is 0 Å². The van der Waals surface area contributed by atoms with Crippen LogP contribution in [0.4, 0.5) is 5.69 Å². The first-order valence-electron chi connectivity index (χ1n) is 11.1. The fraction of sp³-hybridized carbons (Fsp3) is 0.462. The van der Waals surface area contributed by atoms with Crippen molar-refractivity contribution in [3.8, 4) is 0 Å². The van der Waals surface area contributed by atoms with Crippen LogP contribution in [0.1, 0.15) is 71.6 Å². The van der Waals surface area contributed by atoms with Crippen LogP contribution in [-0.2, 0) is 10.2 Å². The van der Waals surface area contributed by atoms with Crippen LogP contribution >= 0.6 is 0 Å². The molecule has 0 radical (unpaired) electrons. The Morgan fingerprint density at radius 3 is 2.30 bits per heavy atom. The van der Waals surface area contributed by atoms with Crippen LogP contribution in [0.3, 0.4) is 0 Å². The zero-order chi connectivity index (χ0) is 21.5. The van der Waals surface area contributed by atoms with E-state index in [-0.39, 0.29) is 11.8 Å². The van der Waals surface area contributed by atoms with Crippen molar-refractivity contribution in [1.29, 1.82) is 0 Å². The lowest BCUT2D eigenvalue weighted by Gasteiger charge is -2.33. The van der Waals surface area contributed by atoms with Gasteiger partial charge in [-0.15, -0.1) is 0 Å². The van der Waals surface area contributed by atoms with Gasteiger partial charge in [-0.25, -0.2) is 0 Å². The van der Waals surface area contributed by atoms with Gasteiger partial charge in [-0.2, -0.15) is 0 Å². The predicted octanol–water partition coefficient (Wildman–Crippen LogP) is 5.30. The van der Waals surface area contributed by atoms with Crippen molar-refractivity contribution in [2.45, 2.75) is 71.3 Å². The fourth-order valence-corrected chi connectivity index (χ4v) is 4.77. The summed E-state index contributed by atoms with van der Waals surface area (Å²) < 4.78 is 0. The number of hydrogen-bond acceptors (Lipinski definition) is 2. The predicted molar refractivity (Wildman–Crippen MR) is 121 cm³/mol. The van der Waals surface area contributed by atoms with Crippen LogP contribution < -0.4 is 5.32 Å². The molecule has 2 fully saturated rings. The average Bonchev–Trinajstić information content (AvgIpc) is 3.51. The van der Waals surface area contributed by atoms with E-state index < -0.39 is 5.41 Å². The first-order valence-corrected chi connectivity index (χ1v) is 11.1. The SMILES string of the molecule is Cc1cc(C)cc(C2(C(=O)Nc3ccc(C(=O)N4CCCCC4C)cc3C)CC2)c1. The van der Waals surface area contributed by atoms with Crippen LogP contribution in [0, 0.1) is 20.8 Å². The summed E-state index contributed by atoms with van der Waals surface area (Å²) in [5.41, 5.74) is 5.50. The van der Waals surface area contributed by atoms with Crippen LogP contribution in [0.15, 0.2) is 36.4 Å². The van der Waals surface area contributed by atoms with Gasteiger partial charge in [0.15, 0.2) is 0 Å². The van der Waals surface area contributed by atoms with Gasteiger partial charge >= 0.3 is 0 Å². The molecule has 2 amide bonds. The van der Waals surface area contributed by atoms with Crippen molar-refractivity contribution in [3.63, 3.8) is 0 Å². The second-order valence-corrected chi connectivity index (χ2v) is 9.29. The second-order valence-electron chi connectivity index (χ2n) is 9.29. The summed E-state index contributed by atoms with van der Waals surface area (Å²) >= 11 is 0. The minimum atomic E-state index is -0.416. The Morgan fingerprint density at radius 1 is 1.00 bits per heavy atom. The number of carbonyl (C=O) groups is 2. The van der Waals surface area contributed by atoms with Gasteiger partial charge < -0.3 is 10.2 Å². The lowest BCUT2D eigenvalue weighted by Crippen LogP contribution is -2.42. The summed E-state index contributed by atoms with van der Waals surface area (Å²) in [5.74, 6) is 0.149. The molecule has 1 atom stereocenters. The maximum atomic E-state index is 13.2. The molecule has 0 spiro atoms. The van der Waals surface area contributed by atoms with Crippen LogP contribution in [0.5, 0.6) is 0 Å². The standard InChI is InChI=1S/C26H32N2O2/c1-17-13-18(2)15-22(14-17)26(10-11-26)25(30)27-23-9-8-21(16-19(23)3)24(29)28-12-6-5-7-20(28)4/h8-9,13-16,20H,5-7,10-12H2,1-4H3,(H,27,30). The maximum absolute atomic E-state index is 13.2. The number of carbonyl (C=O) groups excluding carboxylic acids is 2. The number of likely N-dealkylation sites (tertiary alicyclic amines) is 1. The Kier molecular flexibility index (Phi) is 5.44. The van der Waals surface area contributed by atoms with E-state index >= 15 is 0 Å². The Balaban J connectivity index is 1.51. The minimum Gasteiger partial charge on any atom is -0.336 e. The molecule has 1 heterocycles. The van der Waals surface area contributed by atoms with Crippen molar-refractivity contribution in [2.75, 3.05) is 11.9 Å². The molecule has 2 aromatic carbocycles. The van der Waals surface area contributed by atoms with E-state index in [0.717, 1.165) is 49.0 Å². The third-order valence-electron chi connectivity index (χ3n) is 6.74. The van der Waals surface area contributed by atoms with Crippen molar-refractivity contribution < 1.29 is 9.59 Å². The highest BCUT2D eigenvalue weighted by molar-refractivity contribution is 6.02. The minimum absolute atomic E-state index is 0.0549. The van der Waals surface area contributed by atoms with Gasteiger partial charge in [0, 0.05) is 23.8 Å². The Bertz CT molecular complexity index is 970. The molecule has 1 aliphatic carbocycles. The molecule has 4 rings (SSSR count). The zero-order valence-electron chi connectivity index (χ0n) is 18.5. The number of hydrogen-bond donors (Lipinski definition) is 1. The van der Waals surface area contributed by atoms with E-state index in [4.69, 9.17) is 0 Å². The Hall–Kier alpha value is -2.62. The van der Waals surface area contributed by atoms with E-state index in [1.165, 1.54) is 17.5 Å². The van der Waals surface area contributed by atoms with E-state index in [0.29, 0.717) is 11.6 Å². The van der Waals surface area contributed by atoms with E-state index in [1.54, 1.807) is 0 Å². The topological polar surface area (TPSA) is 49.4 Å². The summed E-state index contributed by atoms with van der Waals surface area (Å²) in [6.07, 6.45) is 5.09. The van der Waals surface area contributed by atoms with Crippen LogP contribution in [0.25, 0.3) is 0 Å². The monoisotopic (exact) mass is 404 g/mol. The lowest BCUT2D eigenvalue weighted by molar-refractivity contribution is -0.118. The highest BCUT2D eigenvalue weighted by atomic mass is 16.2. The molecule has 0 bridgehead atoms. The number of anilines is 1. The average molecular weight is 405 g/mol. The van der Waals surface area contributed by atoms with Gasteiger partial charge in [0.05, 0.1) is 5.41 Å². The number of piperidine rings is 1. The summed E-state index contributed by atoms with van der Waals surface area (Å²) in [6, 6.07) is 12.3. The number of benzene rings is 2. The van der Waals surface area contributed by atoms with E-state index in [2.05, 4.69) is 44.3 Å². The summed E-state index contributed by atoms with van der Waals surface area (Å²) in [5, 5.41) is 3.14. The summed E-state index contributed by atoms with van der Waals surface area (Å²) in [6.45, 7) is 9.07. The first-order chi connectivity index (χ1) is 14.3. The molecule has 1 aliphatic heterocycles. The molecule has 1 saturated carbocycles. The Labute approximate surface area is 179 Å². The summed E-state index contributed by atoms with van der Waals surface area (Å²) in [4.78, 5) is 28.1. The fourth-order valence-electron chi connectivity index (χ4n) is 4.77. The molecule has 1 saturated heterocycles. The maximum Gasteiger partial charge on any atom is 0.254 e. The van der Waals surface area contributed by atoms with E-state index in [1.807, 2.05) is 30.0 Å². The van der Waals surface area contributed by atoms with Gasteiger partial charge in [-0.3, -0.25) is 9.59 Å². The quantitative estimate of drug-likeness (QED) is 0.752. The van der Waals surface area contributed by atoms with Gasteiger partial charge in [0.2, 0.25) is 5.91 Å². The second kappa shape index (κ2) is 7.90. The number of aryl methyl sites for hydroxylation is 3. The largest absolute Gasteiger partial charge is 0.336 e. The number of rotatable bonds is 4. The van der Waals surface area contributed by atoms with Crippen LogP contribution in [-0.4, -0.2) is 29.3 Å². The molecule has 158 valence electrons. The van der Waals surface area contributed by atoms with Crippen molar-refractivity contribution >= 4 is 17.5 Å². The molecular formula is C26H32N2O2. The summed E-state index contributed by atoms with van der Waals surface area (Å²) in [7, 11) is 0. The van der Waals surface area contributed by atoms with Gasteiger partial charge in [-0.1, -0.05) is 29.3 Å². The number of amides is 2. The normalized spacial score (nSPS) is 20.0. The number of nitrogens with one attached hydrogen (secondary N) is 1. The number of nitrogens with zero attached hydrogens (tertiary/aromatic N) is 1. The van der Waals surface area contributed by atoms with Crippen molar-refractivity contribution in [3.05, 3.63) is 64.2 Å². The highest BCUT2D eigenvalue weighted by Gasteiger charge is 2.51. The third kappa shape index (κ3) is 3.88. The van der Waals surface area contributed by atoms with Gasteiger partial charge in [-0.05, 0) is 89.1 Å². The molecule has 4 heteroatoms. The first kappa shape index (κ1) is 20.6. The van der Waals surface area contributed by atoms with E-state index in [9.17, 15) is 9.59 Å². The highest BCUT2D eigenvalue weighted by Crippen LogP contribution is 2.49. The van der Waals surface area contributed by atoms with Crippen molar-refractivity contribution in [2.24, 2.45) is 0 Å². The zero-order valence-corrected chi connectivity index (χ0v) is 18.5. The molecule has 0 aromatic heterocycles. The van der Waals surface area contributed by atoms with Gasteiger partial charge in [0.25, 0.3) is 5.91 Å². The third-order valence-corrected chi connectivity index (χ3v) is 6.74. The molecule has 2 aliphatic rings. The lowest BCUT2D eigenvalue weighted by atomic mass is 9.91. The molecule has 4 nitrogen and oxygen atoms in total. The van der Waals surface area contributed by atoms with Crippen molar-refractivity contribution in [1.82, 2.24) is 4.90 Å². The molecule has 1 N–H and O–H groups in total. The smallest absolute Gasteiger partial charge is 0.254 e. The Morgan fingerprint density at radius 2 is 1.70 bits per heavy atom. The molecule has 30 heavy (non-hydrogen) atoms. The van der Waals surface area contributed by atoms with Gasteiger partial charge in [0.1, 0.15) is 0 Å².